The van der Waals surface area contributed by atoms with Crippen LogP contribution in [0.25, 0.3) is 11.0 Å². The van der Waals surface area contributed by atoms with Gasteiger partial charge < -0.3 is 14.6 Å². The number of para-hydroxylation sites is 1. The van der Waals surface area contributed by atoms with Crippen molar-refractivity contribution in [3.05, 3.63) is 35.6 Å². The second kappa shape index (κ2) is 8.96. The number of nitrogens with one attached hydrogen (secondary N) is 1. The Hall–Kier alpha value is -2.83. The normalized spacial score (nSPS) is 23.2. The lowest BCUT2D eigenvalue weighted by molar-refractivity contribution is -0.140. The number of amides is 4. The topological polar surface area (TPSA) is 82.9 Å². The minimum Gasteiger partial charge on any atom is -0.461 e. The molecule has 2 aromatic rings. The van der Waals surface area contributed by atoms with E-state index in [1.807, 2.05) is 31.2 Å². The van der Waals surface area contributed by atoms with Gasteiger partial charge in [-0.15, -0.1) is 0 Å². The number of furan rings is 1. The molecule has 1 saturated heterocycles. The third-order valence-electron chi connectivity index (χ3n) is 7.16. The molecule has 1 N–H and O–H groups in total. The monoisotopic (exact) mass is 439 g/mol. The van der Waals surface area contributed by atoms with Gasteiger partial charge in [-0.3, -0.25) is 14.5 Å². The van der Waals surface area contributed by atoms with Gasteiger partial charge in [0.05, 0.1) is 0 Å². The molecule has 2 heterocycles. The maximum atomic E-state index is 13.2. The maximum Gasteiger partial charge on any atom is 0.325 e. The Kier molecular flexibility index (Phi) is 6.26. The molecule has 4 amide bonds. The lowest BCUT2D eigenvalue weighted by Crippen LogP contribution is -2.54. The van der Waals surface area contributed by atoms with Crippen molar-refractivity contribution < 1.29 is 18.8 Å². The Morgan fingerprint density at radius 3 is 2.81 bits per heavy atom. The van der Waals surface area contributed by atoms with E-state index >= 15 is 0 Å². The second-order valence-electron chi connectivity index (χ2n) is 9.29. The SMILES string of the molecule is CCCCc1oc2ccccc2c1CN(C)C(=O)CN1C(=O)N[C@@]2(CCCC[C@@H]2C)C1=O. The summed E-state index contributed by atoms with van der Waals surface area (Å²) in [5, 5.41) is 3.92. The molecule has 0 radical (unpaired) electrons. The van der Waals surface area contributed by atoms with Crippen LogP contribution in [-0.2, 0) is 22.6 Å². The Labute approximate surface area is 189 Å². The molecular weight excluding hydrogens is 406 g/mol. The largest absolute Gasteiger partial charge is 0.461 e. The number of benzene rings is 1. The van der Waals surface area contributed by atoms with Crippen LogP contribution in [0, 0.1) is 5.92 Å². The predicted molar refractivity (Wildman–Crippen MR) is 122 cm³/mol. The van der Waals surface area contributed by atoms with Crippen molar-refractivity contribution >= 4 is 28.8 Å². The number of carbonyl (C=O) groups excluding carboxylic acids is 3. The van der Waals surface area contributed by atoms with Gasteiger partial charge in [0.1, 0.15) is 23.4 Å². The molecule has 7 nitrogen and oxygen atoms in total. The predicted octanol–water partition coefficient (Wildman–Crippen LogP) is 4.23. The van der Waals surface area contributed by atoms with Crippen LogP contribution in [0.5, 0.6) is 0 Å². The number of likely N-dealkylation sites (N-methyl/N-ethyl adjacent to an activating group) is 1. The molecular formula is C25H33N3O4. The van der Waals surface area contributed by atoms with E-state index in [0.717, 1.165) is 65.7 Å². The van der Waals surface area contributed by atoms with E-state index in [1.165, 1.54) is 0 Å². The molecule has 1 saturated carbocycles. The molecule has 2 atom stereocenters. The highest BCUT2D eigenvalue weighted by Crippen LogP contribution is 2.38. The van der Waals surface area contributed by atoms with E-state index in [2.05, 4.69) is 12.2 Å². The van der Waals surface area contributed by atoms with E-state index in [0.29, 0.717) is 13.0 Å². The van der Waals surface area contributed by atoms with Crippen molar-refractivity contribution in [2.45, 2.75) is 70.9 Å². The molecule has 1 aliphatic carbocycles. The molecule has 2 fully saturated rings. The quantitative estimate of drug-likeness (QED) is 0.655. The lowest BCUT2D eigenvalue weighted by Gasteiger charge is -2.36. The highest BCUT2D eigenvalue weighted by Gasteiger charge is 2.55. The zero-order chi connectivity index (χ0) is 22.9. The van der Waals surface area contributed by atoms with E-state index in [4.69, 9.17) is 4.42 Å². The van der Waals surface area contributed by atoms with Gasteiger partial charge in [-0.2, -0.15) is 0 Å². The molecule has 2 aliphatic rings. The van der Waals surface area contributed by atoms with Crippen molar-refractivity contribution in [2.24, 2.45) is 5.92 Å². The maximum absolute atomic E-state index is 13.2. The van der Waals surface area contributed by atoms with Crippen molar-refractivity contribution in [1.29, 1.82) is 0 Å². The van der Waals surface area contributed by atoms with Gasteiger partial charge in [-0.05, 0) is 31.2 Å². The number of aryl methyl sites for hydroxylation is 1. The van der Waals surface area contributed by atoms with Crippen molar-refractivity contribution in [3.63, 3.8) is 0 Å². The first-order chi connectivity index (χ1) is 15.4. The van der Waals surface area contributed by atoms with Crippen molar-refractivity contribution in [1.82, 2.24) is 15.1 Å². The molecule has 0 unspecified atom stereocenters. The van der Waals surface area contributed by atoms with Gasteiger partial charge in [0.15, 0.2) is 0 Å². The molecule has 4 rings (SSSR count). The standard InChI is InChI=1S/C25H33N3O4/c1-4-5-12-21-19(18-11-6-7-13-20(18)32-21)15-27(3)22(29)16-28-23(30)25(26-24(28)31)14-9-8-10-17(25)2/h6-7,11,13,17H,4-5,8-10,12,14-16H2,1-3H3,(H,26,31)/t17-,25+/m0/s1. The highest BCUT2D eigenvalue weighted by molar-refractivity contribution is 6.09. The number of rotatable bonds is 7. The van der Waals surface area contributed by atoms with Crippen LogP contribution in [0.3, 0.4) is 0 Å². The molecule has 7 heteroatoms. The minimum atomic E-state index is -0.845. The molecule has 1 aromatic heterocycles. The zero-order valence-electron chi connectivity index (χ0n) is 19.3. The van der Waals surface area contributed by atoms with Crippen LogP contribution in [0.1, 0.15) is 63.7 Å². The summed E-state index contributed by atoms with van der Waals surface area (Å²) < 4.78 is 6.07. The molecule has 32 heavy (non-hydrogen) atoms. The van der Waals surface area contributed by atoms with Crippen LogP contribution in [-0.4, -0.2) is 46.8 Å². The fourth-order valence-electron chi connectivity index (χ4n) is 5.08. The summed E-state index contributed by atoms with van der Waals surface area (Å²) in [6.45, 7) is 4.28. The number of unbranched alkanes of at least 4 members (excludes halogenated alkanes) is 1. The van der Waals surface area contributed by atoms with Gasteiger partial charge in [-0.25, -0.2) is 4.79 Å². The smallest absolute Gasteiger partial charge is 0.325 e. The third kappa shape index (κ3) is 3.89. The van der Waals surface area contributed by atoms with Gasteiger partial charge in [-0.1, -0.05) is 51.3 Å². The van der Waals surface area contributed by atoms with E-state index in [-0.39, 0.29) is 24.3 Å². The number of hydrogen-bond donors (Lipinski definition) is 1. The van der Waals surface area contributed by atoms with Crippen LogP contribution in [0.2, 0.25) is 0 Å². The van der Waals surface area contributed by atoms with Gasteiger partial charge in [0.2, 0.25) is 5.91 Å². The van der Waals surface area contributed by atoms with E-state index in [1.54, 1.807) is 11.9 Å². The first-order valence-corrected chi connectivity index (χ1v) is 11.7. The number of imide groups is 1. The second-order valence-corrected chi connectivity index (χ2v) is 9.29. The summed E-state index contributed by atoms with van der Waals surface area (Å²) in [5.74, 6) is 0.455. The van der Waals surface area contributed by atoms with Crippen LogP contribution in [0.4, 0.5) is 4.79 Å². The Morgan fingerprint density at radius 2 is 2.06 bits per heavy atom. The molecule has 1 aliphatic heterocycles. The van der Waals surface area contributed by atoms with E-state index < -0.39 is 11.6 Å². The highest BCUT2D eigenvalue weighted by atomic mass is 16.3. The number of nitrogens with zero attached hydrogens (tertiary/aromatic N) is 2. The Bertz CT molecular complexity index is 1030. The number of carbonyl (C=O) groups is 3. The van der Waals surface area contributed by atoms with E-state index in [9.17, 15) is 14.4 Å². The van der Waals surface area contributed by atoms with Crippen molar-refractivity contribution in [3.8, 4) is 0 Å². The number of fused-ring (bicyclic) bond motifs is 1. The number of urea groups is 1. The average Bonchev–Trinajstić information content (AvgIpc) is 3.24. The fraction of sp³-hybridized carbons (Fsp3) is 0.560. The molecule has 0 bridgehead atoms. The molecule has 1 spiro atoms. The Balaban J connectivity index is 1.49. The Morgan fingerprint density at radius 1 is 1.28 bits per heavy atom. The van der Waals surface area contributed by atoms with Crippen molar-refractivity contribution in [2.75, 3.05) is 13.6 Å². The third-order valence-corrected chi connectivity index (χ3v) is 7.16. The summed E-state index contributed by atoms with van der Waals surface area (Å²) in [7, 11) is 1.71. The van der Waals surface area contributed by atoms with Gasteiger partial charge in [0.25, 0.3) is 5.91 Å². The molecule has 1 aromatic carbocycles. The van der Waals surface area contributed by atoms with Crippen LogP contribution >= 0.6 is 0 Å². The summed E-state index contributed by atoms with van der Waals surface area (Å²) in [6, 6.07) is 7.39. The van der Waals surface area contributed by atoms with Crippen LogP contribution < -0.4 is 5.32 Å². The fourth-order valence-corrected chi connectivity index (χ4v) is 5.08. The first-order valence-electron chi connectivity index (χ1n) is 11.7. The first kappa shape index (κ1) is 22.4. The summed E-state index contributed by atoms with van der Waals surface area (Å²) in [6.07, 6.45) is 6.39. The lowest BCUT2D eigenvalue weighted by atomic mass is 9.73. The van der Waals surface area contributed by atoms with Gasteiger partial charge in [0, 0.05) is 31.0 Å². The average molecular weight is 440 g/mol. The summed E-state index contributed by atoms with van der Waals surface area (Å²) in [4.78, 5) is 41.6. The summed E-state index contributed by atoms with van der Waals surface area (Å²) >= 11 is 0. The minimum absolute atomic E-state index is 0.0731. The molecule has 172 valence electrons. The zero-order valence-corrected chi connectivity index (χ0v) is 19.3. The van der Waals surface area contributed by atoms with Crippen LogP contribution in [0.15, 0.2) is 28.7 Å². The number of hydrogen-bond acceptors (Lipinski definition) is 4. The summed E-state index contributed by atoms with van der Waals surface area (Å²) in [5.41, 5.74) is 0.971. The van der Waals surface area contributed by atoms with Gasteiger partial charge >= 0.3 is 6.03 Å².